The fraction of sp³-hybridized carbons (Fsp3) is 0.0714. The topological polar surface area (TPSA) is 124 Å². The molecule has 8 heteroatoms. The van der Waals surface area contributed by atoms with Gasteiger partial charge < -0.3 is 5.11 Å². The van der Waals surface area contributed by atoms with Gasteiger partial charge in [-0.2, -0.15) is 0 Å². The summed E-state index contributed by atoms with van der Waals surface area (Å²) >= 11 is 0. The summed E-state index contributed by atoms with van der Waals surface area (Å²) in [5, 5.41) is 30.8. The Morgan fingerprint density at radius 2 is 1.50 bits per heavy atom. The summed E-state index contributed by atoms with van der Waals surface area (Å²) in [7, 11) is 0. The van der Waals surface area contributed by atoms with Crippen LogP contribution >= 0.6 is 0 Å². The third kappa shape index (κ3) is 3.06. The van der Waals surface area contributed by atoms with E-state index in [4.69, 9.17) is 0 Å². The van der Waals surface area contributed by atoms with E-state index >= 15 is 0 Å². The highest BCUT2D eigenvalue weighted by atomic mass is 16.6. The van der Waals surface area contributed by atoms with Crippen molar-refractivity contribution in [2.75, 3.05) is 0 Å². The molecule has 0 aliphatic rings. The normalized spacial score (nSPS) is 11.6. The molecule has 0 saturated heterocycles. The molecule has 0 saturated carbocycles. The van der Waals surface area contributed by atoms with Gasteiger partial charge in [0.1, 0.15) is 5.92 Å². The average Bonchev–Trinajstić information content (AvgIpc) is 2.48. The molecule has 22 heavy (non-hydrogen) atoms. The Balaban J connectivity index is 2.46. The number of hydrogen-bond acceptors (Lipinski definition) is 5. The van der Waals surface area contributed by atoms with E-state index < -0.39 is 21.7 Å². The van der Waals surface area contributed by atoms with E-state index in [0.29, 0.717) is 5.56 Å². The second-order valence-corrected chi connectivity index (χ2v) is 4.47. The minimum absolute atomic E-state index is 0.160. The molecule has 0 heterocycles. The van der Waals surface area contributed by atoms with Crippen molar-refractivity contribution in [3.05, 3.63) is 79.9 Å². The summed E-state index contributed by atoms with van der Waals surface area (Å²) in [6.07, 6.45) is 0. The van der Waals surface area contributed by atoms with Crippen molar-refractivity contribution >= 4 is 17.3 Å². The minimum atomic E-state index is -1.20. The second kappa shape index (κ2) is 6.00. The van der Waals surface area contributed by atoms with Crippen molar-refractivity contribution in [3.63, 3.8) is 0 Å². The first-order chi connectivity index (χ1) is 10.4. The zero-order valence-corrected chi connectivity index (χ0v) is 11.1. The molecule has 0 spiro atoms. The Morgan fingerprint density at radius 3 is 2.00 bits per heavy atom. The van der Waals surface area contributed by atoms with E-state index in [-0.39, 0.29) is 16.9 Å². The molecular weight excluding hydrogens is 292 g/mol. The van der Waals surface area contributed by atoms with E-state index in [9.17, 15) is 30.1 Å². The van der Waals surface area contributed by atoms with Gasteiger partial charge in [-0.1, -0.05) is 24.3 Å². The highest BCUT2D eigenvalue weighted by molar-refractivity contribution is 5.80. The van der Waals surface area contributed by atoms with Crippen LogP contribution in [0.15, 0.2) is 48.5 Å². The van der Waals surface area contributed by atoms with Gasteiger partial charge >= 0.3 is 5.97 Å². The fourth-order valence-electron chi connectivity index (χ4n) is 2.08. The molecular formula is C14H10N2O6. The van der Waals surface area contributed by atoms with Gasteiger partial charge in [-0.05, 0) is 11.1 Å². The number of aliphatic carboxylic acids is 1. The van der Waals surface area contributed by atoms with Crippen LogP contribution in [0.3, 0.4) is 0 Å². The molecule has 1 unspecified atom stereocenters. The first kappa shape index (κ1) is 15.1. The number of nitro groups is 2. The number of nitrogens with zero attached hydrogens (tertiary/aromatic N) is 2. The predicted octanol–water partition coefficient (Wildman–Crippen LogP) is 2.72. The zero-order valence-electron chi connectivity index (χ0n) is 11.1. The van der Waals surface area contributed by atoms with Gasteiger partial charge in [-0.15, -0.1) is 0 Å². The summed E-state index contributed by atoms with van der Waals surface area (Å²) < 4.78 is 0. The maximum atomic E-state index is 11.5. The number of carboxylic acid groups (broad SMARTS) is 1. The minimum Gasteiger partial charge on any atom is -0.481 e. The van der Waals surface area contributed by atoms with Crippen LogP contribution in [0, 0.1) is 20.2 Å². The summed E-state index contributed by atoms with van der Waals surface area (Å²) in [6, 6.07) is 10.4. The molecule has 0 bridgehead atoms. The molecule has 0 aliphatic heterocycles. The Labute approximate surface area is 123 Å². The van der Waals surface area contributed by atoms with Crippen LogP contribution in [0.4, 0.5) is 11.4 Å². The van der Waals surface area contributed by atoms with Gasteiger partial charge in [0.05, 0.1) is 9.85 Å². The van der Waals surface area contributed by atoms with E-state index in [2.05, 4.69) is 0 Å². The molecule has 0 aromatic heterocycles. The van der Waals surface area contributed by atoms with Gasteiger partial charge in [0.25, 0.3) is 11.4 Å². The number of nitro benzene ring substituents is 2. The van der Waals surface area contributed by atoms with Gasteiger partial charge in [0.15, 0.2) is 0 Å². The Bertz CT molecular complexity index is 741. The first-order valence-electron chi connectivity index (χ1n) is 6.11. The van der Waals surface area contributed by atoms with E-state index in [1.54, 1.807) is 0 Å². The van der Waals surface area contributed by atoms with Crippen LogP contribution in [0.25, 0.3) is 0 Å². The molecule has 0 radical (unpaired) electrons. The lowest BCUT2D eigenvalue weighted by atomic mass is 9.91. The van der Waals surface area contributed by atoms with Crippen molar-refractivity contribution in [2.45, 2.75) is 5.92 Å². The third-order valence-corrected chi connectivity index (χ3v) is 3.10. The monoisotopic (exact) mass is 302 g/mol. The largest absolute Gasteiger partial charge is 0.481 e. The average molecular weight is 302 g/mol. The molecule has 112 valence electrons. The van der Waals surface area contributed by atoms with E-state index in [1.807, 2.05) is 0 Å². The molecule has 2 aromatic carbocycles. The maximum Gasteiger partial charge on any atom is 0.315 e. The molecule has 1 atom stereocenters. The number of rotatable bonds is 5. The summed E-state index contributed by atoms with van der Waals surface area (Å²) in [5.74, 6) is -2.34. The lowest BCUT2D eigenvalue weighted by Crippen LogP contribution is -2.13. The van der Waals surface area contributed by atoms with Crippen LogP contribution in [-0.2, 0) is 4.79 Å². The lowest BCUT2D eigenvalue weighted by Gasteiger charge is -2.13. The van der Waals surface area contributed by atoms with E-state index in [0.717, 1.165) is 0 Å². The van der Waals surface area contributed by atoms with Crippen LogP contribution in [-0.4, -0.2) is 20.9 Å². The van der Waals surface area contributed by atoms with Crippen molar-refractivity contribution in [2.24, 2.45) is 0 Å². The van der Waals surface area contributed by atoms with Crippen LogP contribution in [0.5, 0.6) is 0 Å². The fourth-order valence-corrected chi connectivity index (χ4v) is 2.08. The van der Waals surface area contributed by atoms with Gasteiger partial charge in [0, 0.05) is 24.3 Å². The number of carboxylic acids is 1. The lowest BCUT2D eigenvalue weighted by molar-refractivity contribution is -0.385. The van der Waals surface area contributed by atoms with Crippen LogP contribution in [0.2, 0.25) is 0 Å². The highest BCUT2D eigenvalue weighted by Gasteiger charge is 2.24. The molecule has 8 nitrogen and oxygen atoms in total. The van der Waals surface area contributed by atoms with Crippen molar-refractivity contribution in [1.82, 2.24) is 0 Å². The van der Waals surface area contributed by atoms with Crippen molar-refractivity contribution in [1.29, 1.82) is 0 Å². The number of benzene rings is 2. The summed E-state index contributed by atoms with van der Waals surface area (Å²) in [6.45, 7) is 0. The Kier molecular flexibility index (Phi) is 4.12. The third-order valence-electron chi connectivity index (χ3n) is 3.10. The smallest absolute Gasteiger partial charge is 0.315 e. The molecule has 0 fully saturated rings. The number of hydrogen-bond donors (Lipinski definition) is 1. The van der Waals surface area contributed by atoms with Crippen LogP contribution < -0.4 is 0 Å². The Hall–Kier alpha value is -3.29. The summed E-state index contributed by atoms with van der Waals surface area (Å²) in [4.78, 5) is 31.7. The summed E-state index contributed by atoms with van der Waals surface area (Å²) in [5.41, 5.74) is 0.159. The molecule has 0 amide bonds. The molecule has 0 aliphatic carbocycles. The molecule has 1 N–H and O–H groups in total. The van der Waals surface area contributed by atoms with Gasteiger partial charge in [-0.3, -0.25) is 25.0 Å². The predicted molar refractivity (Wildman–Crippen MR) is 75.7 cm³/mol. The molecule has 2 rings (SSSR count). The molecule has 2 aromatic rings. The van der Waals surface area contributed by atoms with Gasteiger partial charge in [0.2, 0.25) is 0 Å². The SMILES string of the molecule is O=C(O)C(c1ccc([N+](=O)[O-])cc1)c1cccc([N+](=O)[O-])c1. The Morgan fingerprint density at radius 1 is 0.909 bits per heavy atom. The standard InChI is InChI=1S/C14H10N2O6/c17-14(18)13(9-4-6-11(7-5-9)15(19)20)10-2-1-3-12(8-10)16(21)22/h1-8,13H,(H,17,18). The zero-order chi connectivity index (χ0) is 16.3. The van der Waals surface area contributed by atoms with E-state index in [1.165, 1.54) is 48.5 Å². The second-order valence-electron chi connectivity index (χ2n) is 4.47. The number of non-ortho nitro benzene ring substituents is 2. The van der Waals surface area contributed by atoms with Gasteiger partial charge in [-0.25, -0.2) is 0 Å². The maximum absolute atomic E-state index is 11.5. The quantitative estimate of drug-likeness (QED) is 0.669. The first-order valence-corrected chi connectivity index (χ1v) is 6.11. The highest BCUT2D eigenvalue weighted by Crippen LogP contribution is 2.28. The number of carbonyl (C=O) groups is 1. The van der Waals surface area contributed by atoms with Crippen molar-refractivity contribution < 1.29 is 19.7 Å². The van der Waals surface area contributed by atoms with Crippen LogP contribution in [0.1, 0.15) is 17.0 Å². The van der Waals surface area contributed by atoms with Crippen molar-refractivity contribution in [3.8, 4) is 0 Å².